The van der Waals surface area contributed by atoms with Gasteiger partial charge in [-0.1, -0.05) is 48.5 Å². The normalized spacial score (nSPS) is 14.6. The van der Waals surface area contributed by atoms with Gasteiger partial charge in [0.25, 0.3) is 0 Å². The maximum Gasteiger partial charge on any atom is 0.113 e. The number of benzene rings is 3. The number of rotatable bonds is 3. The topological polar surface area (TPSA) is 17.8 Å². The van der Waals surface area contributed by atoms with Crippen LogP contribution in [0.3, 0.4) is 0 Å². The molecule has 23 heavy (non-hydrogen) atoms. The molecule has 0 radical (unpaired) electrons. The maximum atomic E-state index is 4.90. The third-order valence-electron chi connectivity index (χ3n) is 4.78. The Balaban J connectivity index is 1.63. The lowest BCUT2D eigenvalue weighted by atomic mass is 10.1. The molecule has 1 aliphatic carbocycles. The van der Waals surface area contributed by atoms with Crippen LogP contribution in [0.2, 0.25) is 0 Å². The second-order valence-electron chi connectivity index (χ2n) is 6.50. The lowest BCUT2D eigenvalue weighted by molar-refractivity contribution is 0.747. The Morgan fingerprint density at radius 1 is 0.870 bits per heavy atom. The van der Waals surface area contributed by atoms with Gasteiger partial charge < -0.3 is 4.57 Å². The van der Waals surface area contributed by atoms with E-state index in [-0.39, 0.29) is 0 Å². The molecule has 0 unspecified atom stereocenters. The van der Waals surface area contributed by atoms with Crippen LogP contribution in [-0.4, -0.2) is 9.55 Å². The number of hydrogen-bond acceptors (Lipinski definition) is 1. The van der Waals surface area contributed by atoms with Crippen molar-refractivity contribution in [2.24, 2.45) is 0 Å². The number of nitrogens with zero attached hydrogens (tertiary/aromatic N) is 2. The third-order valence-corrected chi connectivity index (χ3v) is 4.78. The molecule has 0 atom stereocenters. The van der Waals surface area contributed by atoms with Gasteiger partial charge in [-0.3, -0.25) is 0 Å². The van der Waals surface area contributed by atoms with Crippen molar-refractivity contribution in [2.75, 3.05) is 0 Å². The quantitative estimate of drug-likeness (QED) is 0.513. The molecule has 1 aliphatic rings. The summed E-state index contributed by atoms with van der Waals surface area (Å²) in [5, 5.41) is 2.61. The van der Waals surface area contributed by atoms with E-state index in [9.17, 15) is 0 Å². The Bertz CT molecular complexity index is 1010. The highest BCUT2D eigenvalue weighted by Gasteiger charge is 2.29. The molecule has 4 aromatic rings. The smallest absolute Gasteiger partial charge is 0.113 e. The predicted octanol–water partition coefficient (Wildman–Crippen LogP) is 5.12. The largest absolute Gasteiger partial charge is 0.323 e. The molecule has 0 spiro atoms. The van der Waals surface area contributed by atoms with Gasteiger partial charge in [-0.05, 0) is 47.4 Å². The fourth-order valence-corrected chi connectivity index (χ4v) is 3.43. The van der Waals surface area contributed by atoms with Crippen LogP contribution in [0.25, 0.3) is 21.8 Å². The van der Waals surface area contributed by atoms with Crippen LogP contribution in [0.1, 0.15) is 30.1 Å². The number of para-hydroxylation sites is 2. The van der Waals surface area contributed by atoms with Crippen molar-refractivity contribution in [1.29, 1.82) is 0 Å². The molecule has 1 aromatic heterocycles. The lowest BCUT2D eigenvalue weighted by Crippen LogP contribution is -2.04. The lowest BCUT2D eigenvalue weighted by Gasteiger charge is -2.10. The fourth-order valence-electron chi connectivity index (χ4n) is 3.43. The first-order valence-corrected chi connectivity index (χ1v) is 8.31. The van der Waals surface area contributed by atoms with Gasteiger partial charge >= 0.3 is 0 Å². The second kappa shape index (κ2) is 4.95. The molecule has 1 heterocycles. The minimum atomic E-state index is 0.655. The molecule has 2 heteroatoms. The van der Waals surface area contributed by atoms with Gasteiger partial charge in [0.2, 0.25) is 0 Å². The number of aromatic nitrogens is 2. The molecular weight excluding hydrogens is 280 g/mol. The molecule has 0 aliphatic heterocycles. The molecule has 0 N–H and O–H groups in total. The van der Waals surface area contributed by atoms with Crippen LogP contribution < -0.4 is 0 Å². The zero-order valence-electron chi connectivity index (χ0n) is 12.9. The Morgan fingerprint density at radius 3 is 2.52 bits per heavy atom. The van der Waals surface area contributed by atoms with Crippen molar-refractivity contribution >= 4 is 21.8 Å². The molecule has 1 saturated carbocycles. The van der Waals surface area contributed by atoms with E-state index in [1.807, 2.05) is 0 Å². The van der Waals surface area contributed by atoms with Crippen LogP contribution in [0.15, 0.2) is 66.7 Å². The zero-order valence-corrected chi connectivity index (χ0v) is 12.9. The fraction of sp³-hybridized carbons (Fsp3) is 0.190. The zero-order chi connectivity index (χ0) is 15.2. The predicted molar refractivity (Wildman–Crippen MR) is 94.8 cm³/mol. The Hall–Kier alpha value is -2.61. The summed E-state index contributed by atoms with van der Waals surface area (Å²) in [6.45, 7) is 0.900. The summed E-state index contributed by atoms with van der Waals surface area (Å²) in [5.74, 6) is 1.92. The van der Waals surface area contributed by atoms with E-state index in [4.69, 9.17) is 4.98 Å². The van der Waals surface area contributed by atoms with Gasteiger partial charge in [0.1, 0.15) is 5.82 Å². The van der Waals surface area contributed by atoms with E-state index >= 15 is 0 Å². The summed E-state index contributed by atoms with van der Waals surface area (Å²) < 4.78 is 2.41. The Morgan fingerprint density at radius 2 is 1.65 bits per heavy atom. The van der Waals surface area contributed by atoms with E-state index in [2.05, 4.69) is 71.3 Å². The van der Waals surface area contributed by atoms with Crippen LogP contribution in [0, 0.1) is 0 Å². The van der Waals surface area contributed by atoms with E-state index in [0.717, 1.165) is 12.1 Å². The van der Waals surface area contributed by atoms with Crippen molar-refractivity contribution in [2.45, 2.75) is 25.3 Å². The minimum absolute atomic E-state index is 0.655. The molecular formula is C21H18N2. The van der Waals surface area contributed by atoms with Gasteiger partial charge in [0.05, 0.1) is 11.0 Å². The van der Waals surface area contributed by atoms with Crippen molar-refractivity contribution in [3.63, 3.8) is 0 Å². The third kappa shape index (κ3) is 2.22. The SMILES string of the molecule is c1ccc2cc(Cn3c(C4CC4)nc4ccccc43)ccc2c1. The molecule has 5 rings (SSSR count). The second-order valence-corrected chi connectivity index (χ2v) is 6.50. The number of fused-ring (bicyclic) bond motifs is 2. The summed E-state index contributed by atoms with van der Waals surface area (Å²) in [6, 6.07) is 23.8. The first-order chi connectivity index (χ1) is 11.4. The van der Waals surface area contributed by atoms with Gasteiger partial charge in [0, 0.05) is 12.5 Å². The molecule has 2 nitrogen and oxygen atoms in total. The summed E-state index contributed by atoms with van der Waals surface area (Å²) in [6.07, 6.45) is 2.56. The van der Waals surface area contributed by atoms with Crippen molar-refractivity contribution in [3.8, 4) is 0 Å². The van der Waals surface area contributed by atoms with Crippen LogP contribution in [-0.2, 0) is 6.54 Å². The van der Waals surface area contributed by atoms with Gasteiger partial charge in [-0.25, -0.2) is 4.98 Å². The molecule has 112 valence electrons. The van der Waals surface area contributed by atoms with Gasteiger partial charge in [-0.15, -0.1) is 0 Å². The molecule has 3 aromatic carbocycles. The van der Waals surface area contributed by atoms with E-state index in [1.165, 1.54) is 40.5 Å². The van der Waals surface area contributed by atoms with E-state index in [1.54, 1.807) is 0 Å². The minimum Gasteiger partial charge on any atom is -0.323 e. The average Bonchev–Trinajstić information content (AvgIpc) is 3.38. The summed E-state index contributed by atoms with van der Waals surface area (Å²) in [4.78, 5) is 4.90. The summed E-state index contributed by atoms with van der Waals surface area (Å²) >= 11 is 0. The number of hydrogen-bond donors (Lipinski definition) is 0. The highest BCUT2D eigenvalue weighted by molar-refractivity contribution is 5.83. The van der Waals surface area contributed by atoms with Crippen molar-refractivity contribution < 1.29 is 0 Å². The first kappa shape index (κ1) is 12.9. The van der Waals surface area contributed by atoms with Crippen molar-refractivity contribution in [1.82, 2.24) is 9.55 Å². The number of imidazole rings is 1. The van der Waals surface area contributed by atoms with Crippen LogP contribution >= 0.6 is 0 Å². The van der Waals surface area contributed by atoms with E-state index in [0.29, 0.717) is 5.92 Å². The van der Waals surface area contributed by atoms with Crippen molar-refractivity contribution in [3.05, 3.63) is 78.1 Å². The molecule has 0 bridgehead atoms. The first-order valence-electron chi connectivity index (χ1n) is 8.31. The maximum absolute atomic E-state index is 4.90. The van der Waals surface area contributed by atoms with Gasteiger partial charge in [-0.2, -0.15) is 0 Å². The monoisotopic (exact) mass is 298 g/mol. The molecule has 1 fully saturated rings. The highest BCUT2D eigenvalue weighted by atomic mass is 15.1. The van der Waals surface area contributed by atoms with Crippen LogP contribution in [0.5, 0.6) is 0 Å². The average molecular weight is 298 g/mol. The van der Waals surface area contributed by atoms with E-state index < -0.39 is 0 Å². The summed E-state index contributed by atoms with van der Waals surface area (Å²) in [7, 11) is 0. The van der Waals surface area contributed by atoms with Crippen LogP contribution in [0.4, 0.5) is 0 Å². The molecule has 0 amide bonds. The van der Waals surface area contributed by atoms with Gasteiger partial charge in [0.15, 0.2) is 0 Å². The Kier molecular flexibility index (Phi) is 2.77. The molecule has 0 saturated heterocycles. The standard InChI is InChI=1S/C21H18N2/c1-2-6-18-13-15(9-10-16(18)5-1)14-23-20-8-4-3-7-19(20)22-21(23)17-11-12-17/h1-10,13,17H,11-12,14H2. The Labute approximate surface area is 135 Å². The summed E-state index contributed by atoms with van der Waals surface area (Å²) in [5.41, 5.74) is 3.71. The highest BCUT2D eigenvalue weighted by Crippen LogP contribution is 2.40.